The number of likely N-dealkylation sites (tertiary alicyclic amines) is 1. The number of halogens is 1. The lowest BCUT2D eigenvalue weighted by Crippen LogP contribution is -2.45. The van der Waals surface area contributed by atoms with Crippen LogP contribution >= 0.6 is 11.6 Å². The molecule has 2 rings (SSSR count). The lowest BCUT2D eigenvalue weighted by molar-refractivity contribution is -0.135. The van der Waals surface area contributed by atoms with Crippen LogP contribution in [0.1, 0.15) is 44.7 Å². The molecule has 1 aromatic rings. The van der Waals surface area contributed by atoms with Gasteiger partial charge in [0.05, 0.1) is 6.04 Å². The van der Waals surface area contributed by atoms with Gasteiger partial charge < -0.3 is 10.6 Å². The highest BCUT2D eigenvalue weighted by Crippen LogP contribution is 2.35. The minimum atomic E-state index is -0.122. The molecule has 2 unspecified atom stereocenters. The first-order valence-corrected chi connectivity index (χ1v) is 7.21. The van der Waals surface area contributed by atoms with Crippen molar-refractivity contribution in [2.75, 3.05) is 0 Å². The Morgan fingerprint density at radius 3 is 2.68 bits per heavy atom. The summed E-state index contributed by atoms with van der Waals surface area (Å²) in [5.41, 5.74) is 7.28. The van der Waals surface area contributed by atoms with Crippen molar-refractivity contribution in [3.05, 3.63) is 34.9 Å². The summed E-state index contributed by atoms with van der Waals surface area (Å²) < 4.78 is 0. The van der Waals surface area contributed by atoms with Crippen molar-refractivity contribution in [3.8, 4) is 0 Å². The smallest absolute Gasteiger partial charge is 0.223 e. The van der Waals surface area contributed by atoms with Gasteiger partial charge in [-0.15, -0.1) is 0 Å². The van der Waals surface area contributed by atoms with E-state index in [-0.39, 0.29) is 24.0 Å². The van der Waals surface area contributed by atoms with Gasteiger partial charge in [0.2, 0.25) is 5.91 Å². The summed E-state index contributed by atoms with van der Waals surface area (Å²) in [5, 5.41) is 0.684. The van der Waals surface area contributed by atoms with E-state index in [0.29, 0.717) is 11.4 Å². The molecule has 1 aromatic carbocycles. The average molecular weight is 281 g/mol. The first-order chi connectivity index (χ1) is 9.02. The fourth-order valence-electron chi connectivity index (χ4n) is 2.84. The molecule has 3 nitrogen and oxygen atoms in total. The topological polar surface area (TPSA) is 46.3 Å². The zero-order valence-electron chi connectivity index (χ0n) is 11.5. The van der Waals surface area contributed by atoms with Gasteiger partial charge in [-0.2, -0.15) is 0 Å². The summed E-state index contributed by atoms with van der Waals surface area (Å²) in [4.78, 5) is 14.2. The second-order valence-electron chi connectivity index (χ2n) is 5.42. The van der Waals surface area contributed by atoms with E-state index in [2.05, 4.69) is 0 Å². The van der Waals surface area contributed by atoms with E-state index in [1.54, 1.807) is 0 Å². The van der Waals surface area contributed by atoms with Crippen LogP contribution in [0.25, 0.3) is 0 Å². The number of carbonyl (C=O) groups excluding carboxylic acids is 1. The first-order valence-electron chi connectivity index (χ1n) is 6.83. The average Bonchev–Trinajstić information content (AvgIpc) is 2.49. The summed E-state index contributed by atoms with van der Waals surface area (Å²) in [6.07, 6.45) is 2.28. The van der Waals surface area contributed by atoms with E-state index in [9.17, 15) is 4.79 Å². The second-order valence-corrected chi connectivity index (χ2v) is 5.82. The van der Waals surface area contributed by atoms with Crippen molar-refractivity contribution < 1.29 is 4.79 Å². The molecule has 0 aromatic heterocycles. The van der Waals surface area contributed by atoms with Crippen LogP contribution in [0, 0.1) is 0 Å². The highest BCUT2D eigenvalue weighted by atomic mass is 35.5. The number of carbonyl (C=O) groups is 1. The molecule has 0 aliphatic carbocycles. The zero-order chi connectivity index (χ0) is 14.0. The molecule has 0 saturated carbocycles. The normalized spacial score (nSPS) is 24.7. The van der Waals surface area contributed by atoms with Gasteiger partial charge in [-0.05, 0) is 38.3 Å². The standard InChI is InChI=1S/C15H21ClN2O/c1-10(2)18-14(19)9-5-8-13(17)15(18)11-6-3-4-7-12(11)16/h3-4,6-7,10,13,15H,5,8-9,17H2,1-2H3. The maximum absolute atomic E-state index is 12.3. The monoisotopic (exact) mass is 280 g/mol. The van der Waals surface area contributed by atoms with Crippen molar-refractivity contribution in [2.24, 2.45) is 5.73 Å². The Balaban J connectivity index is 2.47. The van der Waals surface area contributed by atoms with Gasteiger partial charge in [0.25, 0.3) is 0 Å². The van der Waals surface area contributed by atoms with Crippen molar-refractivity contribution in [3.63, 3.8) is 0 Å². The Morgan fingerprint density at radius 1 is 1.37 bits per heavy atom. The van der Waals surface area contributed by atoms with Gasteiger partial charge in [-0.3, -0.25) is 4.79 Å². The zero-order valence-corrected chi connectivity index (χ0v) is 12.2. The molecule has 1 aliphatic rings. The Bertz CT molecular complexity index is 461. The molecule has 1 heterocycles. The number of amides is 1. The number of rotatable bonds is 2. The van der Waals surface area contributed by atoms with Crippen LogP contribution in [0.5, 0.6) is 0 Å². The maximum atomic E-state index is 12.3. The fourth-order valence-corrected chi connectivity index (χ4v) is 3.09. The second kappa shape index (κ2) is 5.93. The van der Waals surface area contributed by atoms with Crippen molar-refractivity contribution in [1.29, 1.82) is 0 Å². The lowest BCUT2D eigenvalue weighted by atomic mass is 9.95. The molecular weight excluding hydrogens is 260 g/mol. The molecule has 19 heavy (non-hydrogen) atoms. The summed E-state index contributed by atoms with van der Waals surface area (Å²) in [5.74, 6) is 0.174. The molecule has 4 heteroatoms. The van der Waals surface area contributed by atoms with Gasteiger partial charge in [0.15, 0.2) is 0 Å². The SMILES string of the molecule is CC(C)N1C(=O)CCCC(N)C1c1ccccc1Cl. The number of hydrogen-bond donors (Lipinski definition) is 1. The summed E-state index contributed by atoms with van der Waals surface area (Å²) in [6.45, 7) is 4.06. The van der Waals surface area contributed by atoms with Gasteiger partial charge in [0.1, 0.15) is 0 Å². The molecule has 2 atom stereocenters. The third-order valence-electron chi connectivity index (χ3n) is 3.70. The van der Waals surface area contributed by atoms with Crippen LogP contribution in [-0.2, 0) is 4.79 Å². The van der Waals surface area contributed by atoms with E-state index >= 15 is 0 Å². The Labute approximate surface area is 119 Å². The number of nitrogens with zero attached hydrogens (tertiary/aromatic N) is 1. The van der Waals surface area contributed by atoms with E-state index < -0.39 is 0 Å². The summed E-state index contributed by atoms with van der Waals surface area (Å²) in [7, 11) is 0. The molecular formula is C15H21ClN2O. The third-order valence-corrected chi connectivity index (χ3v) is 4.05. The van der Waals surface area contributed by atoms with Gasteiger partial charge >= 0.3 is 0 Å². The Hall–Kier alpha value is -1.06. The van der Waals surface area contributed by atoms with Crippen molar-refractivity contribution >= 4 is 17.5 Å². The molecule has 1 aliphatic heterocycles. The number of benzene rings is 1. The van der Waals surface area contributed by atoms with Crippen LogP contribution in [0.4, 0.5) is 0 Å². The molecule has 104 valence electrons. The molecule has 1 amide bonds. The van der Waals surface area contributed by atoms with Crippen molar-refractivity contribution in [1.82, 2.24) is 4.90 Å². The molecule has 0 bridgehead atoms. The number of nitrogens with two attached hydrogens (primary N) is 1. The highest BCUT2D eigenvalue weighted by molar-refractivity contribution is 6.31. The van der Waals surface area contributed by atoms with Crippen LogP contribution in [0.15, 0.2) is 24.3 Å². The van der Waals surface area contributed by atoms with E-state index in [1.807, 2.05) is 43.0 Å². The maximum Gasteiger partial charge on any atom is 0.223 e. The molecule has 1 saturated heterocycles. The predicted molar refractivity (Wildman–Crippen MR) is 78.0 cm³/mol. The molecule has 2 N–H and O–H groups in total. The highest BCUT2D eigenvalue weighted by Gasteiger charge is 2.35. The van der Waals surface area contributed by atoms with E-state index in [4.69, 9.17) is 17.3 Å². The molecule has 0 spiro atoms. The third kappa shape index (κ3) is 2.93. The van der Waals surface area contributed by atoms with Gasteiger partial charge in [-0.25, -0.2) is 0 Å². The predicted octanol–water partition coefficient (Wildman–Crippen LogP) is 3.13. The number of hydrogen-bond acceptors (Lipinski definition) is 2. The minimum Gasteiger partial charge on any atom is -0.332 e. The lowest BCUT2D eigenvalue weighted by Gasteiger charge is -2.37. The van der Waals surface area contributed by atoms with E-state index in [1.165, 1.54) is 0 Å². The van der Waals surface area contributed by atoms with Crippen molar-refractivity contribution in [2.45, 2.75) is 51.2 Å². The van der Waals surface area contributed by atoms with Crippen LogP contribution in [0.3, 0.4) is 0 Å². The minimum absolute atomic E-state index is 0.0613. The van der Waals surface area contributed by atoms with Crippen LogP contribution in [-0.4, -0.2) is 22.9 Å². The largest absolute Gasteiger partial charge is 0.332 e. The first kappa shape index (κ1) is 14.4. The van der Waals surface area contributed by atoms with Gasteiger partial charge in [-0.1, -0.05) is 29.8 Å². The summed E-state index contributed by atoms with van der Waals surface area (Å²) >= 11 is 6.30. The molecule has 1 fully saturated rings. The molecule has 0 radical (unpaired) electrons. The van der Waals surface area contributed by atoms with Crippen LogP contribution < -0.4 is 5.73 Å². The quantitative estimate of drug-likeness (QED) is 0.905. The Kier molecular flexibility index (Phi) is 4.48. The fraction of sp³-hybridized carbons (Fsp3) is 0.533. The van der Waals surface area contributed by atoms with Crippen LogP contribution in [0.2, 0.25) is 5.02 Å². The van der Waals surface area contributed by atoms with Gasteiger partial charge in [0, 0.05) is 23.5 Å². The summed E-state index contributed by atoms with van der Waals surface area (Å²) in [6, 6.07) is 7.62. The van der Waals surface area contributed by atoms with E-state index in [0.717, 1.165) is 18.4 Å². The Morgan fingerprint density at radius 2 is 2.05 bits per heavy atom.